The van der Waals surface area contributed by atoms with Gasteiger partial charge in [-0.1, -0.05) is 0 Å². The summed E-state index contributed by atoms with van der Waals surface area (Å²) in [7, 11) is 0. The van der Waals surface area contributed by atoms with Crippen LogP contribution in [0.15, 0.2) is 43.2 Å². The molecular formula is C26H29N9O2. The van der Waals surface area contributed by atoms with Gasteiger partial charge in [-0.15, -0.1) is 0 Å². The highest BCUT2D eigenvalue weighted by molar-refractivity contribution is 5.79. The molecule has 0 bridgehead atoms. The Morgan fingerprint density at radius 1 is 1.16 bits per heavy atom. The topological polar surface area (TPSA) is 127 Å². The lowest BCUT2D eigenvalue weighted by atomic mass is 10.1. The van der Waals surface area contributed by atoms with E-state index in [0.29, 0.717) is 30.1 Å². The number of amides is 1. The van der Waals surface area contributed by atoms with E-state index >= 15 is 0 Å². The van der Waals surface area contributed by atoms with Gasteiger partial charge in [-0.25, -0.2) is 19.7 Å². The molecule has 4 aromatic heterocycles. The number of carbonyl (C=O) groups excluding carboxylic acids is 1. The maximum Gasteiger partial charge on any atom is 0.410 e. The maximum absolute atomic E-state index is 12.3. The van der Waals surface area contributed by atoms with Gasteiger partial charge in [0.05, 0.1) is 29.8 Å². The number of ether oxygens (including phenoxy) is 1. The summed E-state index contributed by atoms with van der Waals surface area (Å²) in [6.07, 6.45) is 8.45. The van der Waals surface area contributed by atoms with Crippen molar-refractivity contribution in [2.24, 2.45) is 0 Å². The molecule has 11 heteroatoms. The quantitative estimate of drug-likeness (QED) is 0.434. The predicted molar refractivity (Wildman–Crippen MR) is 138 cm³/mol. The van der Waals surface area contributed by atoms with Crippen molar-refractivity contribution < 1.29 is 9.53 Å². The molecule has 1 aliphatic rings. The number of carbonyl (C=O) groups is 1. The first kappa shape index (κ1) is 24.2. The first-order valence-electron chi connectivity index (χ1n) is 12.1. The molecule has 1 amide bonds. The summed E-state index contributed by atoms with van der Waals surface area (Å²) in [5, 5.41) is 17.8. The minimum Gasteiger partial charge on any atom is -0.444 e. The lowest BCUT2D eigenvalue weighted by Gasteiger charge is -2.40. The molecule has 5 heterocycles. The fraction of sp³-hybridized carbons (Fsp3) is 0.385. The van der Waals surface area contributed by atoms with E-state index < -0.39 is 5.60 Å². The Kier molecular flexibility index (Phi) is 6.03. The minimum absolute atomic E-state index is 0.141. The van der Waals surface area contributed by atoms with Crippen LogP contribution in [0.2, 0.25) is 0 Å². The van der Waals surface area contributed by atoms with Crippen LogP contribution in [0.25, 0.3) is 28.1 Å². The molecule has 5 rings (SSSR count). The van der Waals surface area contributed by atoms with E-state index in [1.54, 1.807) is 34.4 Å². The molecule has 0 saturated carbocycles. The molecular weight excluding hydrogens is 470 g/mol. The zero-order valence-electron chi connectivity index (χ0n) is 21.5. The van der Waals surface area contributed by atoms with Crippen molar-refractivity contribution in [3.8, 4) is 23.1 Å². The highest BCUT2D eigenvalue weighted by Gasteiger charge is 2.34. The Balaban J connectivity index is 1.39. The fourth-order valence-corrected chi connectivity index (χ4v) is 4.14. The number of imidazole rings is 1. The zero-order chi connectivity index (χ0) is 26.3. The highest BCUT2D eigenvalue weighted by atomic mass is 16.6. The van der Waals surface area contributed by atoms with Gasteiger partial charge in [-0.2, -0.15) is 15.0 Å². The van der Waals surface area contributed by atoms with Gasteiger partial charge in [0.2, 0.25) is 0 Å². The molecule has 37 heavy (non-hydrogen) atoms. The van der Waals surface area contributed by atoms with E-state index in [2.05, 4.69) is 45.3 Å². The third-order valence-electron chi connectivity index (χ3n) is 5.90. The predicted octanol–water partition coefficient (Wildman–Crippen LogP) is 4.16. The lowest BCUT2D eigenvalue weighted by Crippen LogP contribution is -2.51. The van der Waals surface area contributed by atoms with Gasteiger partial charge in [-0.05, 0) is 40.7 Å². The fourth-order valence-electron chi connectivity index (χ4n) is 4.14. The Bertz CT molecular complexity index is 1500. The lowest BCUT2D eigenvalue weighted by molar-refractivity contribution is 0.00107. The second-order valence-electron chi connectivity index (χ2n) is 10.4. The van der Waals surface area contributed by atoms with Gasteiger partial charge >= 0.3 is 6.09 Å². The molecule has 11 nitrogen and oxygen atoms in total. The summed E-state index contributed by atoms with van der Waals surface area (Å²) < 4.78 is 9.14. The maximum atomic E-state index is 12.3. The van der Waals surface area contributed by atoms with Crippen LogP contribution in [-0.4, -0.2) is 65.0 Å². The summed E-state index contributed by atoms with van der Waals surface area (Å²) >= 11 is 0. The molecule has 0 unspecified atom stereocenters. The van der Waals surface area contributed by atoms with E-state index in [0.717, 1.165) is 22.3 Å². The number of nitrogens with one attached hydrogen (secondary N) is 1. The Labute approximate surface area is 214 Å². The third kappa shape index (κ3) is 4.95. The molecule has 1 fully saturated rings. The molecule has 190 valence electrons. The van der Waals surface area contributed by atoms with Crippen molar-refractivity contribution in [2.75, 3.05) is 18.4 Å². The minimum atomic E-state index is -0.512. The van der Waals surface area contributed by atoms with Crippen molar-refractivity contribution in [3.05, 3.63) is 48.8 Å². The highest BCUT2D eigenvalue weighted by Crippen LogP contribution is 2.31. The van der Waals surface area contributed by atoms with Crippen LogP contribution >= 0.6 is 0 Å². The average molecular weight is 500 g/mol. The number of aromatic nitrogens is 6. The number of nitriles is 1. The Morgan fingerprint density at radius 3 is 2.65 bits per heavy atom. The van der Waals surface area contributed by atoms with Crippen LogP contribution in [0.3, 0.4) is 0 Å². The number of hydrogen-bond donors (Lipinski definition) is 1. The van der Waals surface area contributed by atoms with Gasteiger partial charge in [0.25, 0.3) is 0 Å². The van der Waals surface area contributed by atoms with Gasteiger partial charge in [-0.3, -0.25) is 0 Å². The first-order valence-corrected chi connectivity index (χ1v) is 12.1. The first-order chi connectivity index (χ1) is 17.6. The summed E-state index contributed by atoms with van der Waals surface area (Å²) in [6.45, 7) is 10.9. The largest absolute Gasteiger partial charge is 0.444 e. The van der Waals surface area contributed by atoms with Gasteiger partial charge in [0.1, 0.15) is 11.7 Å². The van der Waals surface area contributed by atoms with Crippen LogP contribution in [0.1, 0.15) is 46.2 Å². The van der Waals surface area contributed by atoms with Crippen molar-refractivity contribution in [1.82, 2.24) is 34.2 Å². The molecule has 1 N–H and O–H groups in total. The van der Waals surface area contributed by atoms with Crippen molar-refractivity contribution in [1.29, 1.82) is 5.26 Å². The summed E-state index contributed by atoms with van der Waals surface area (Å²) in [4.78, 5) is 27.7. The van der Waals surface area contributed by atoms with Crippen LogP contribution in [0.4, 0.5) is 10.5 Å². The summed E-state index contributed by atoms with van der Waals surface area (Å²) in [6, 6.07) is 6.10. The molecule has 1 aliphatic heterocycles. The molecule has 0 radical (unpaired) electrons. The number of hydrogen-bond acceptors (Lipinski definition) is 8. The molecule has 0 aliphatic carbocycles. The van der Waals surface area contributed by atoms with Crippen LogP contribution < -0.4 is 5.32 Å². The molecule has 0 atom stereocenters. The van der Waals surface area contributed by atoms with E-state index in [4.69, 9.17) is 10.00 Å². The van der Waals surface area contributed by atoms with Crippen molar-refractivity contribution in [3.63, 3.8) is 0 Å². The normalized spacial score (nSPS) is 14.0. The summed E-state index contributed by atoms with van der Waals surface area (Å²) in [5.74, 6) is 0.602. The third-order valence-corrected chi connectivity index (χ3v) is 5.90. The standard InChI is InChI=1S/C26H29N9O2/c1-16(2)32-21-7-23(35-24-18(10-31-35)6-17(8-27)9-29-24)28-11-20(21)22-14-34(15-30-22)19-12-33(13-19)25(36)37-26(3,4)5/h6-7,9-11,14-16,19H,12-13H2,1-5H3,(H,28,32). The number of fused-ring (bicyclic) bond motifs is 1. The smallest absolute Gasteiger partial charge is 0.410 e. The van der Waals surface area contributed by atoms with E-state index in [9.17, 15) is 4.79 Å². The second-order valence-corrected chi connectivity index (χ2v) is 10.4. The molecule has 1 saturated heterocycles. The zero-order valence-corrected chi connectivity index (χ0v) is 21.5. The Hall–Kier alpha value is -4.46. The van der Waals surface area contributed by atoms with E-state index in [1.807, 2.05) is 37.6 Å². The average Bonchev–Trinajstić information content (AvgIpc) is 3.43. The van der Waals surface area contributed by atoms with Crippen molar-refractivity contribution >= 4 is 22.8 Å². The molecule has 0 aromatic carbocycles. The monoisotopic (exact) mass is 499 g/mol. The van der Waals surface area contributed by atoms with Crippen LogP contribution in [-0.2, 0) is 4.74 Å². The Morgan fingerprint density at radius 2 is 1.95 bits per heavy atom. The van der Waals surface area contributed by atoms with Crippen LogP contribution in [0, 0.1) is 11.3 Å². The van der Waals surface area contributed by atoms with E-state index in [1.165, 1.54) is 6.20 Å². The second kappa shape index (κ2) is 9.20. The number of nitrogens with zero attached hydrogens (tertiary/aromatic N) is 8. The number of rotatable bonds is 5. The number of likely N-dealkylation sites (tertiary alicyclic amines) is 1. The van der Waals surface area contributed by atoms with Gasteiger partial charge in [0, 0.05) is 60.4 Å². The molecule has 4 aromatic rings. The molecule has 0 spiro atoms. The van der Waals surface area contributed by atoms with E-state index in [-0.39, 0.29) is 18.2 Å². The van der Waals surface area contributed by atoms with Gasteiger partial charge < -0.3 is 19.5 Å². The SMILES string of the molecule is CC(C)Nc1cc(-n2ncc3cc(C#N)cnc32)ncc1-c1cn(C2CN(C(=O)OC(C)(C)C)C2)cn1. The van der Waals surface area contributed by atoms with Gasteiger partial charge in [0.15, 0.2) is 11.5 Å². The number of pyridine rings is 2. The summed E-state index contributed by atoms with van der Waals surface area (Å²) in [5.41, 5.74) is 3.09. The van der Waals surface area contributed by atoms with Crippen LogP contribution in [0.5, 0.6) is 0 Å². The number of anilines is 1. The van der Waals surface area contributed by atoms with Crippen molar-refractivity contribution in [2.45, 2.75) is 52.3 Å².